The molecule has 0 aromatic carbocycles. The molecule has 0 amide bonds. The van der Waals surface area contributed by atoms with Gasteiger partial charge in [-0.1, -0.05) is 0 Å². The first-order valence-corrected chi connectivity index (χ1v) is 5.58. The molecule has 92 valence electrons. The number of aliphatic imine (C=N–C) groups is 1. The van der Waals surface area contributed by atoms with Gasteiger partial charge in [-0.3, -0.25) is 5.43 Å². The summed E-state index contributed by atoms with van der Waals surface area (Å²) in [6.07, 6.45) is 4.07. The maximum Gasteiger partial charge on any atom is 0.213 e. The molecule has 17 heavy (non-hydrogen) atoms. The average Bonchev–Trinajstić information content (AvgIpc) is 3.18. The van der Waals surface area contributed by atoms with E-state index in [-0.39, 0.29) is 0 Å². The van der Waals surface area contributed by atoms with E-state index in [0.717, 1.165) is 5.56 Å². The quantitative estimate of drug-likeness (QED) is 0.300. The number of ether oxygens (including phenoxy) is 1. The fourth-order valence-corrected chi connectivity index (χ4v) is 1.38. The van der Waals surface area contributed by atoms with Crippen LogP contribution in [0.15, 0.2) is 23.3 Å². The molecule has 1 saturated carbocycles. The van der Waals surface area contributed by atoms with Gasteiger partial charge in [0.25, 0.3) is 0 Å². The van der Waals surface area contributed by atoms with Gasteiger partial charge in [-0.2, -0.15) is 0 Å². The third kappa shape index (κ3) is 3.60. The smallest absolute Gasteiger partial charge is 0.213 e. The predicted octanol–water partition coefficient (Wildman–Crippen LogP) is 0.162. The van der Waals surface area contributed by atoms with Gasteiger partial charge in [0.05, 0.1) is 13.7 Å². The fourth-order valence-electron chi connectivity index (χ4n) is 1.38. The molecular formula is C11H17N5O. The molecule has 1 heterocycles. The molecule has 1 aliphatic rings. The number of nitrogens with zero attached hydrogens (tertiary/aromatic N) is 2. The minimum absolute atomic E-state index is 0.525. The minimum atomic E-state index is 0.525. The van der Waals surface area contributed by atoms with E-state index in [1.54, 1.807) is 13.3 Å². The second-order valence-electron chi connectivity index (χ2n) is 3.93. The van der Waals surface area contributed by atoms with Crippen LogP contribution in [0.25, 0.3) is 0 Å². The Balaban J connectivity index is 1.95. The van der Waals surface area contributed by atoms with Crippen LogP contribution in [0.1, 0.15) is 18.4 Å². The van der Waals surface area contributed by atoms with Crippen molar-refractivity contribution >= 4 is 5.96 Å². The Hall–Kier alpha value is -1.82. The number of hydrogen-bond acceptors (Lipinski definition) is 4. The standard InChI is InChI=1S/C11H17N5O/c1-17-10-6-8(4-5-13-10)7-14-11(16-12)15-9-2-3-9/h4-6,9H,2-3,7,12H2,1H3,(H2,14,15,16). The molecule has 0 atom stereocenters. The predicted molar refractivity (Wildman–Crippen MR) is 65.4 cm³/mol. The molecule has 0 radical (unpaired) electrons. The van der Waals surface area contributed by atoms with E-state index in [1.165, 1.54) is 12.8 Å². The van der Waals surface area contributed by atoms with Crippen LogP contribution in [0.2, 0.25) is 0 Å². The Kier molecular flexibility index (Phi) is 3.77. The highest BCUT2D eigenvalue weighted by Gasteiger charge is 2.21. The van der Waals surface area contributed by atoms with E-state index in [9.17, 15) is 0 Å². The molecule has 0 aliphatic heterocycles. The highest BCUT2D eigenvalue weighted by molar-refractivity contribution is 5.79. The van der Waals surface area contributed by atoms with Crippen LogP contribution in [0.3, 0.4) is 0 Å². The zero-order valence-corrected chi connectivity index (χ0v) is 9.81. The van der Waals surface area contributed by atoms with Crippen molar-refractivity contribution < 1.29 is 4.74 Å². The maximum absolute atomic E-state index is 5.39. The van der Waals surface area contributed by atoms with E-state index >= 15 is 0 Å². The monoisotopic (exact) mass is 235 g/mol. The summed E-state index contributed by atoms with van der Waals surface area (Å²) in [7, 11) is 1.59. The second kappa shape index (κ2) is 5.49. The van der Waals surface area contributed by atoms with Crippen LogP contribution in [-0.4, -0.2) is 24.1 Å². The zero-order chi connectivity index (χ0) is 12.1. The molecule has 0 unspecified atom stereocenters. The molecule has 6 nitrogen and oxygen atoms in total. The SMILES string of the molecule is COc1cc(CN=C(NN)NC2CC2)ccn1. The third-order valence-corrected chi connectivity index (χ3v) is 2.48. The summed E-state index contributed by atoms with van der Waals surface area (Å²) in [6.45, 7) is 0.540. The van der Waals surface area contributed by atoms with Crippen molar-refractivity contribution in [2.45, 2.75) is 25.4 Å². The van der Waals surface area contributed by atoms with Gasteiger partial charge in [-0.25, -0.2) is 15.8 Å². The van der Waals surface area contributed by atoms with E-state index < -0.39 is 0 Å². The van der Waals surface area contributed by atoms with Gasteiger partial charge in [0.2, 0.25) is 11.8 Å². The van der Waals surface area contributed by atoms with Crippen molar-refractivity contribution in [1.82, 2.24) is 15.7 Å². The van der Waals surface area contributed by atoms with Crippen molar-refractivity contribution in [1.29, 1.82) is 0 Å². The summed E-state index contributed by atoms with van der Waals surface area (Å²) >= 11 is 0. The van der Waals surface area contributed by atoms with Crippen molar-refractivity contribution in [2.75, 3.05) is 7.11 Å². The number of pyridine rings is 1. The fraction of sp³-hybridized carbons (Fsp3) is 0.455. The van der Waals surface area contributed by atoms with Crippen LogP contribution in [-0.2, 0) is 6.54 Å². The van der Waals surface area contributed by atoms with Gasteiger partial charge in [-0.15, -0.1) is 0 Å². The van der Waals surface area contributed by atoms with Crippen LogP contribution < -0.4 is 21.3 Å². The summed E-state index contributed by atoms with van der Waals surface area (Å²) in [5.41, 5.74) is 3.59. The molecule has 1 aromatic heterocycles. The molecule has 2 rings (SSSR count). The molecule has 0 saturated heterocycles. The maximum atomic E-state index is 5.39. The zero-order valence-electron chi connectivity index (χ0n) is 9.81. The molecule has 0 bridgehead atoms. The van der Waals surface area contributed by atoms with Crippen molar-refractivity contribution in [3.05, 3.63) is 23.9 Å². The largest absolute Gasteiger partial charge is 0.481 e. The first kappa shape index (κ1) is 11.7. The van der Waals surface area contributed by atoms with Gasteiger partial charge in [0, 0.05) is 18.3 Å². The topological polar surface area (TPSA) is 84.6 Å². The molecule has 0 spiro atoms. The molecule has 4 N–H and O–H groups in total. The number of hydrogen-bond donors (Lipinski definition) is 3. The third-order valence-electron chi connectivity index (χ3n) is 2.48. The first-order chi connectivity index (χ1) is 8.31. The second-order valence-corrected chi connectivity index (χ2v) is 3.93. The Morgan fingerprint density at radius 2 is 2.47 bits per heavy atom. The Morgan fingerprint density at radius 3 is 3.12 bits per heavy atom. The number of aromatic nitrogens is 1. The van der Waals surface area contributed by atoms with E-state index in [2.05, 4.69) is 20.7 Å². The lowest BCUT2D eigenvalue weighted by atomic mass is 10.3. The molecule has 1 aliphatic carbocycles. The number of guanidine groups is 1. The lowest BCUT2D eigenvalue weighted by Crippen LogP contribution is -2.42. The number of nitrogens with two attached hydrogens (primary N) is 1. The van der Waals surface area contributed by atoms with Crippen LogP contribution in [0, 0.1) is 0 Å². The van der Waals surface area contributed by atoms with Crippen LogP contribution >= 0.6 is 0 Å². The average molecular weight is 235 g/mol. The molecule has 6 heteroatoms. The lowest BCUT2D eigenvalue weighted by molar-refractivity contribution is 0.397. The Morgan fingerprint density at radius 1 is 1.65 bits per heavy atom. The molecule has 1 fully saturated rings. The van der Waals surface area contributed by atoms with E-state index in [1.807, 2.05) is 12.1 Å². The highest BCUT2D eigenvalue weighted by atomic mass is 16.5. The summed E-state index contributed by atoms with van der Waals surface area (Å²) in [4.78, 5) is 8.39. The number of nitrogens with one attached hydrogen (secondary N) is 2. The van der Waals surface area contributed by atoms with Crippen molar-refractivity contribution in [3.8, 4) is 5.88 Å². The number of hydrazine groups is 1. The van der Waals surface area contributed by atoms with Gasteiger partial charge in [0.1, 0.15) is 0 Å². The first-order valence-electron chi connectivity index (χ1n) is 5.58. The van der Waals surface area contributed by atoms with Crippen molar-refractivity contribution in [3.63, 3.8) is 0 Å². The molecular weight excluding hydrogens is 218 g/mol. The summed E-state index contributed by atoms with van der Waals surface area (Å²) in [6, 6.07) is 4.28. The van der Waals surface area contributed by atoms with Gasteiger partial charge in [-0.05, 0) is 24.5 Å². The molecule has 1 aromatic rings. The van der Waals surface area contributed by atoms with Crippen LogP contribution in [0.5, 0.6) is 5.88 Å². The summed E-state index contributed by atoms with van der Waals surface area (Å²) in [5.74, 6) is 6.61. The highest BCUT2D eigenvalue weighted by Crippen LogP contribution is 2.18. The Bertz CT molecular complexity index is 403. The van der Waals surface area contributed by atoms with Crippen molar-refractivity contribution in [2.24, 2.45) is 10.8 Å². The number of rotatable bonds is 4. The van der Waals surface area contributed by atoms with E-state index in [0.29, 0.717) is 24.4 Å². The lowest BCUT2D eigenvalue weighted by Gasteiger charge is -2.07. The van der Waals surface area contributed by atoms with Gasteiger partial charge < -0.3 is 10.1 Å². The summed E-state index contributed by atoms with van der Waals surface area (Å²) in [5, 5.41) is 3.21. The summed E-state index contributed by atoms with van der Waals surface area (Å²) < 4.78 is 5.05. The van der Waals surface area contributed by atoms with Gasteiger partial charge in [0.15, 0.2) is 0 Å². The van der Waals surface area contributed by atoms with E-state index in [4.69, 9.17) is 10.6 Å². The minimum Gasteiger partial charge on any atom is -0.481 e. The van der Waals surface area contributed by atoms with Gasteiger partial charge >= 0.3 is 0 Å². The van der Waals surface area contributed by atoms with Crippen LogP contribution in [0.4, 0.5) is 0 Å². The normalized spacial score (nSPS) is 15.5. The number of methoxy groups -OCH3 is 1. The Labute approximate surface area is 100 Å².